The first-order valence-electron chi connectivity index (χ1n) is 17.3. The average molecular weight is 750 g/mol. The summed E-state index contributed by atoms with van der Waals surface area (Å²) in [5.41, 5.74) is 13.7. The molecule has 15 heteroatoms. The van der Waals surface area contributed by atoms with Crippen molar-refractivity contribution < 1.29 is 33.5 Å². The Hall–Kier alpha value is -6.09. The van der Waals surface area contributed by atoms with Gasteiger partial charge in [0.25, 0.3) is 5.69 Å². The standard InChI is InChI=1S/C22H33N3O5.C9H18O.C8H4N4O2/c1-5-21(26)29-13-9-7-11-25(12-8-10-14-30-22(27)6-2)19-16-18(24-3)17(23)15-20(19)28-4;1-8(5-6-10)7-9(2,3)4;9-3-5-1-7(12(13)14)2-6(4-10)8(5)11/h5-6,15-16,24H,1-2,7-14,23H2,3-4H3;6,8H,5,7H2,1-4H3;1-2H,11H2. The molecule has 2 rings (SSSR count). The Balaban J connectivity index is 0.000000956. The summed E-state index contributed by atoms with van der Waals surface area (Å²) in [6, 6.07) is 9.20. The lowest BCUT2D eigenvalue weighted by molar-refractivity contribution is -0.384. The van der Waals surface area contributed by atoms with Crippen LogP contribution in [0.3, 0.4) is 0 Å². The van der Waals surface area contributed by atoms with Crippen molar-refractivity contribution in [2.24, 2.45) is 11.3 Å². The third kappa shape index (κ3) is 18.9. The minimum Gasteiger partial charge on any atom is -0.495 e. The van der Waals surface area contributed by atoms with E-state index < -0.39 is 16.9 Å². The lowest BCUT2D eigenvalue weighted by Gasteiger charge is -2.27. The van der Waals surface area contributed by atoms with Gasteiger partial charge in [0.1, 0.15) is 24.2 Å². The van der Waals surface area contributed by atoms with E-state index in [0.717, 1.165) is 87.1 Å². The van der Waals surface area contributed by atoms with E-state index in [1.807, 2.05) is 13.1 Å². The maximum atomic E-state index is 11.2. The van der Waals surface area contributed by atoms with Crippen LogP contribution in [0, 0.1) is 44.1 Å². The summed E-state index contributed by atoms with van der Waals surface area (Å²) in [4.78, 5) is 44.3. The van der Waals surface area contributed by atoms with Gasteiger partial charge >= 0.3 is 11.9 Å². The molecule has 0 amide bonds. The van der Waals surface area contributed by atoms with Gasteiger partial charge in [-0.25, -0.2) is 9.59 Å². The normalized spacial score (nSPS) is 10.6. The second-order valence-corrected chi connectivity index (χ2v) is 13.2. The Kier molecular flexibility index (Phi) is 22.9. The molecule has 0 saturated heterocycles. The molecular weight excluding hydrogens is 694 g/mol. The van der Waals surface area contributed by atoms with Crippen LogP contribution in [0.2, 0.25) is 0 Å². The van der Waals surface area contributed by atoms with Crippen molar-refractivity contribution in [3.8, 4) is 17.9 Å². The number of carbonyl (C=O) groups excluding carboxylic acids is 3. The highest BCUT2D eigenvalue weighted by Crippen LogP contribution is 2.36. The molecule has 15 nitrogen and oxygen atoms in total. The van der Waals surface area contributed by atoms with Crippen LogP contribution >= 0.6 is 0 Å². The molecule has 0 spiro atoms. The molecule has 0 bridgehead atoms. The number of methoxy groups -OCH3 is 1. The smallest absolute Gasteiger partial charge is 0.330 e. The summed E-state index contributed by atoms with van der Waals surface area (Å²) in [6.45, 7) is 17.7. The van der Waals surface area contributed by atoms with Gasteiger partial charge in [0.15, 0.2) is 0 Å². The van der Waals surface area contributed by atoms with Gasteiger partial charge in [0.2, 0.25) is 0 Å². The van der Waals surface area contributed by atoms with Crippen LogP contribution in [0.15, 0.2) is 49.6 Å². The Morgan fingerprint density at radius 3 is 1.85 bits per heavy atom. The summed E-state index contributed by atoms with van der Waals surface area (Å²) in [5.74, 6) is 0.389. The fraction of sp³-hybridized carbons (Fsp3) is 0.462. The van der Waals surface area contributed by atoms with Gasteiger partial charge in [-0.1, -0.05) is 40.9 Å². The van der Waals surface area contributed by atoms with E-state index in [1.165, 1.54) is 0 Å². The molecular formula is C39H55N7O8. The number of nitriles is 2. The fourth-order valence-electron chi connectivity index (χ4n) is 5.06. The number of ether oxygens (including phenoxy) is 3. The zero-order valence-electron chi connectivity index (χ0n) is 32.3. The Labute approximate surface area is 318 Å². The summed E-state index contributed by atoms with van der Waals surface area (Å²) < 4.78 is 15.6. The summed E-state index contributed by atoms with van der Waals surface area (Å²) in [7, 11) is 3.42. The number of unbranched alkanes of at least 4 members (excludes halogenated alkanes) is 2. The van der Waals surface area contributed by atoms with Gasteiger partial charge < -0.3 is 40.7 Å². The van der Waals surface area contributed by atoms with E-state index in [0.29, 0.717) is 42.4 Å². The molecule has 1 atom stereocenters. The summed E-state index contributed by atoms with van der Waals surface area (Å²) in [5, 5.41) is 30.7. The van der Waals surface area contributed by atoms with Crippen LogP contribution < -0.4 is 26.4 Å². The fourth-order valence-corrected chi connectivity index (χ4v) is 5.06. The van der Waals surface area contributed by atoms with E-state index in [1.54, 1.807) is 25.3 Å². The van der Waals surface area contributed by atoms with Crippen LogP contribution in [-0.2, 0) is 23.9 Å². The van der Waals surface area contributed by atoms with Crippen LogP contribution in [0.1, 0.15) is 77.3 Å². The number of hydrogen-bond donors (Lipinski definition) is 3. The van der Waals surface area contributed by atoms with E-state index in [-0.39, 0.29) is 22.5 Å². The van der Waals surface area contributed by atoms with Crippen LogP contribution in [0.25, 0.3) is 0 Å². The largest absolute Gasteiger partial charge is 0.495 e. The van der Waals surface area contributed by atoms with E-state index in [2.05, 4.69) is 51.1 Å². The molecule has 0 aliphatic carbocycles. The number of nitrogens with two attached hydrogens (primary N) is 2. The minimum atomic E-state index is -0.679. The minimum absolute atomic E-state index is 0.0272. The number of carbonyl (C=O) groups is 3. The van der Waals surface area contributed by atoms with Gasteiger partial charge in [0, 0.05) is 56.9 Å². The molecule has 0 saturated carbocycles. The van der Waals surface area contributed by atoms with Crippen LogP contribution in [0.4, 0.5) is 28.4 Å². The number of anilines is 4. The molecule has 0 aliphatic heterocycles. The van der Waals surface area contributed by atoms with Gasteiger partial charge in [-0.05, 0) is 49.5 Å². The van der Waals surface area contributed by atoms with Crippen molar-refractivity contribution in [3.05, 3.63) is 70.8 Å². The highest BCUT2D eigenvalue weighted by molar-refractivity contribution is 5.81. The first-order valence-corrected chi connectivity index (χ1v) is 17.3. The zero-order valence-corrected chi connectivity index (χ0v) is 32.3. The molecule has 0 radical (unpaired) electrons. The number of benzene rings is 2. The Bertz CT molecular complexity index is 1580. The number of nitro groups is 1. The van der Waals surface area contributed by atoms with Crippen LogP contribution in [0.5, 0.6) is 5.75 Å². The SMILES string of the molecule is C=CC(=O)OCCCCN(CCCCOC(=O)C=C)c1cc(NC)c(N)cc1OC.CC(CC=O)CC(C)(C)C.N#Cc1cc([N+](=O)[O-])cc(C#N)c1N. The lowest BCUT2D eigenvalue weighted by Crippen LogP contribution is -2.27. The monoisotopic (exact) mass is 749 g/mol. The van der Waals surface area contributed by atoms with Crippen molar-refractivity contribution >= 4 is 46.7 Å². The highest BCUT2D eigenvalue weighted by atomic mass is 16.6. The molecule has 54 heavy (non-hydrogen) atoms. The van der Waals surface area contributed by atoms with Gasteiger partial charge in [-0.15, -0.1) is 0 Å². The van der Waals surface area contributed by atoms with E-state index >= 15 is 0 Å². The number of rotatable bonds is 19. The molecule has 1 unspecified atom stereocenters. The molecule has 0 fully saturated rings. The van der Waals surface area contributed by atoms with Gasteiger partial charge in [-0.3, -0.25) is 10.1 Å². The molecule has 0 aliphatic rings. The number of nitro benzene ring substituents is 1. The summed E-state index contributed by atoms with van der Waals surface area (Å²) in [6.07, 6.45) is 8.25. The molecule has 0 aromatic heterocycles. The van der Waals surface area contributed by atoms with E-state index in [4.69, 9.17) is 36.2 Å². The first kappa shape index (κ1) is 47.9. The average Bonchev–Trinajstić information content (AvgIpc) is 3.13. The molecule has 0 heterocycles. The van der Waals surface area contributed by atoms with Gasteiger partial charge in [0.05, 0.1) is 59.1 Å². The number of esters is 2. The number of non-ortho nitro benzene ring substituents is 1. The summed E-state index contributed by atoms with van der Waals surface area (Å²) >= 11 is 0. The quantitative estimate of drug-likeness (QED) is 0.0257. The number of nitrogens with one attached hydrogen (secondary N) is 1. The van der Waals surface area contributed by atoms with Crippen LogP contribution in [-0.4, -0.2) is 63.6 Å². The number of hydrogen-bond acceptors (Lipinski definition) is 14. The maximum Gasteiger partial charge on any atom is 0.330 e. The number of aldehydes is 1. The van der Waals surface area contributed by atoms with Crippen molar-refractivity contribution in [2.45, 2.75) is 66.2 Å². The molecule has 2 aromatic rings. The topological polar surface area (TPSA) is 237 Å². The maximum absolute atomic E-state index is 11.2. The van der Waals surface area contributed by atoms with Crippen molar-refractivity contribution in [1.82, 2.24) is 0 Å². The Morgan fingerprint density at radius 1 is 0.981 bits per heavy atom. The molecule has 2 aromatic carbocycles. The zero-order chi connectivity index (χ0) is 41.3. The number of nitrogens with zero attached hydrogens (tertiary/aromatic N) is 4. The molecule has 5 N–H and O–H groups in total. The number of nitrogen functional groups attached to an aromatic ring is 2. The predicted octanol–water partition coefficient (Wildman–Crippen LogP) is 6.71. The van der Waals surface area contributed by atoms with Gasteiger partial charge in [-0.2, -0.15) is 10.5 Å². The second-order valence-electron chi connectivity index (χ2n) is 13.2. The predicted molar refractivity (Wildman–Crippen MR) is 211 cm³/mol. The van der Waals surface area contributed by atoms with Crippen molar-refractivity contribution in [2.75, 3.05) is 62.1 Å². The molecule has 294 valence electrons. The second kappa shape index (κ2) is 25.8. The van der Waals surface area contributed by atoms with Crippen molar-refractivity contribution in [1.29, 1.82) is 10.5 Å². The van der Waals surface area contributed by atoms with E-state index in [9.17, 15) is 24.5 Å². The third-order valence-electron chi connectivity index (χ3n) is 7.50. The van der Waals surface area contributed by atoms with Crippen molar-refractivity contribution in [3.63, 3.8) is 0 Å². The highest BCUT2D eigenvalue weighted by Gasteiger charge is 2.17. The Morgan fingerprint density at radius 2 is 1.48 bits per heavy atom. The first-order chi connectivity index (χ1) is 25.5. The lowest BCUT2D eigenvalue weighted by atomic mass is 9.84. The third-order valence-corrected chi connectivity index (χ3v) is 7.50.